The van der Waals surface area contributed by atoms with Crippen LogP contribution in [0.15, 0.2) is 42.7 Å². The van der Waals surface area contributed by atoms with Crippen LogP contribution in [0.3, 0.4) is 0 Å². The third-order valence-electron chi connectivity index (χ3n) is 3.38. The molecule has 0 saturated heterocycles. The van der Waals surface area contributed by atoms with Crippen LogP contribution in [0, 0.1) is 6.92 Å². The molecule has 1 amide bonds. The molecule has 108 valence electrons. The summed E-state index contributed by atoms with van der Waals surface area (Å²) in [6.45, 7) is 5.30. The van der Waals surface area contributed by atoms with E-state index in [0.717, 1.165) is 10.5 Å². The summed E-state index contributed by atoms with van der Waals surface area (Å²) in [5, 5.41) is 0. The summed E-state index contributed by atoms with van der Waals surface area (Å²) in [7, 11) is 0. The van der Waals surface area contributed by atoms with Gasteiger partial charge in [0.2, 0.25) is 0 Å². The van der Waals surface area contributed by atoms with Crippen molar-refractivity contribution in [1.29, 1.82) is 0 Å². The number of thiazole rings is 1. The molecule has 0 aliphatic rings. The molecule has 0 aliphatic heterocycles. The number of amides is 1. The summed E-state index contributed by atoms with van der Waals surface area (Å²) in [5.41, 5.74) is 1.64. The molecule has 0 saturated carbocycles. The Bertz CT molecular complexity index is 729. The van der Waals surface area contributed by atoms with Crippen LogP contribution in [0.5, 0.6) is 0 Å². The second-order valence-electron chi connectivity index (χ2n) is 4.96. The predicted molar refractivity (Wildman–Crippen MR) is 84.7 cm³/mol. The van der Waals surface area contributed by atoms with Gasteiger partial charge in [0.15, 0.2) is 4.96 Å². The molecule has 0 unspecified atom stereocenters. The molecule has 1 aromatic carbocycles. The lowest BCUT2D eigenvalue weighted by Crippen LogP contribution is -2.30. The van der Waals surface area contributed by atoms with Gasteiger partial charge < -0.3 is 4.90 Å². The molecule has 0 bridgehead atoms. The van der Waals surface area contributed by atoms with Gasteiger partial charge in [-0.3, -0.25) is 9.20 Å². The van der Waals surface area contributed by atoms with Crippen molar-refractivity contribution in [3.8, 4) is 0 Å². The molecule has 0 atom stereocenters. The monoisotopic (exact) mass is 299 g/mol. The molecule has 0 aliphatic carbocycles. The lowest BCUT2D eigenvalue weighted by atomic mass is 10.2. The number of carbonyl (C=O) groups is 1. The number of hydrogen-bond donors (Lipinski definition) is 0. The average Bonchev–Trinajstić information content (AvgIpc) is 3.02. The van der Waals surface area contributed by atoms with Gasteiger partial charge in [-0.1, -0.05) is 30.3 Å². The van der Waals surface area contributed by atoms with E-state index in [-0.39, 0.29) is 5.91 Å². The molecule has 0 spiro atoms. The largest absolute Gasteiger partial charge is 0.333 e. The number of benzene rings is 1. The van der Waals surface area contributed by atoms with E-state index in [4.69, 9.17) is 0 Å². The molecule has 2 heterocycles. The summed E-state index contributed by atoms with van der Waals surface area (Å²) in [6.07, 6.45) is 3.81. The molecule has 0 fully saturated rings. The molecule has 3 aromatic rings. The smallest absolute Gasteiger partial charge is 0.274 e. The fourth-order valence-corrected chi connectivity index (χ4v) is 3.12. The maximum atomic E-state index is 12.6. The van der Waals surface area contributed by atoms with Crippen LogP contribution in [0.1, 0.15) is 27.9 Å². The molecule has 0 radical (unpaired) electrons. The topological polar surface area (TPSA) is 37.6 Å². The van der Waals surface area contributed by atoms with Crippen LogP contribution in [-0.2, 0) is 6.54 Å². The van der Waals surface area contributed by atoms with Gasteiger partial charge in [-0.15, -0.1) is 11.3 Å². The van der Waals surface area contributed by atoms with Crippen molar-refractivity contribution in [2.75, 3.05) is 6.54 Å². The highest BCUT2D eigenvalue weighted by Gasteiger charge is 2.18. The summed E-state index contributed by atoms with van der Waals surface area (Å²) in [5.74, 6) is -0.0186. The van der Waals surface area contributed by atoms with Crippen molar-refractivity contribution in [3.63, 3.8) is 0 Å². The Balaban J connectivity index is 1.82. The second-order valence-corrected chi connectivity index (χ2v) is 6.18. The Kier molecular flexibility index (Phi) is 3.75. The quantitative estimate of drug-likeness (QED) is 0.741. The first kappa shape index (κ1) is 13.8. The van der Waals surface area contributed by atoms with Crippen LogP contribution in [-0.4, -0.2) is 26.7 Å². The zero-order chi connectivity index (χ0) is 14.8. The predicted octanol–water partition coefficient (Wildman–Crippen LogP) is 3.37. The maximum Gasteiger partial charge on any atom is 0.274 e. The SMILES string of the molecule is CCN(Cc1ccccc1)C(=O)c1cn2cc(C)sc2n1. The van der Waals surface area contributed by atoms with E-state index in [1.807, 2.05) is 65.9 Å². The van der Waals surface area contributed by atoms with Gasteiger partial charge in [-0.25, -0.2) is 4.98 Å². The lowest BCUT2D eigenvalue weighted by Gasteiger charge is -2.19. The first-order chi connectivity index (χ1) is 10.2. The van der Waals surface area contributed by atoms with E-state index < -0.39 is 0 Å². The fraction of sp³-hybridized carbons (Fsp3) is 0.250. The number of rotatable bonds is 4. The summed E-state index contributed by atoms with van der Waals surface area (Å²) in [6, 6.07) is 10.0. The minimum absolute atomic E-state index is 0.0186. The van der Waals surface area contributed by atoms with Gasteiger partial charge in [0.25, 0.3) is 5.91 Å². The Morgan fingerprint density at radius 3 is 2.71 bits per heavy atom. The first-order valence-electron chi connectivity index (χ1n) is 6.95. The summed E-state index contributed by atoms with van der Waals surface area (Å²) in [4.78, 5) is 20.9. The van der Waals surface area contributed by atoms with E-state index in [0.29, 0.717) is 18.8 Å². The van der Waals surface area contributed by atoms with Crippen molar-refractivity contribution in [1.82, 2.24) is 14.3 Å². The Morgan fingerprint density at radius 2 is 2.05 bits per heavy atom. The van der Waals surface area contributed by atoms with Gasteiger partial charge in [0.05, 0.1) is 0 Å². The van der Waals surface area contributed by atoms with Crippen LogP contribution in [0.2, 0.25) is 0 Å². The number of nitrogens with zero attached hydrogens (tertiary/aromatic N) is 3. The van der Waals surface area contributed by atoms with Gasteiger partial charge in [-0.2, -0.15) is 0 Å². The minimum atomic E-state index is -0.0186. The highest BCUT2D eigenvalue weighted by Crippen LogP contribution is 2.18. The Morgan fingerprint density at radius 1 is 1.29 bits per heavy atom. The lowest BCUT2D eigenvalue weighted by molar-refractivity contribution is 0.0747. The van der Waals surface area contributed by atoms with Gasteiger partial charge in [0.1, 0.15) is 5.69 Å². The fourth-order valence-electron chi connectivity index (χ4n) is 2.31. The van der Waals surface area contributed by atoms with E-state index in [2.05, 4.69) is 4.98 Å². The minimum Gasteiger partial charge on any atom is -0.333 e. The number of fused-ring (bicyclic) bond motifs is 1. The van der Waals surface area contributed by atoms with Crippen LogP contribution in [0.25, 0.3) is 4.96 Å². The van der Waals surface area contributed by atoms with Crippen molar-refractivity contribution in [2.24, 2.45) is 0 Å². The maximum absolute atomic E-state index is 12.6. The summed E-state index contributed by atoms with van der Waals surface area (Å²) < 4.78 is 1.92. The molecule has 5 heteroatoms. The number of imidazole rings is 1. The average molecular weight is 299 g/mol. The van der Waals surface area contributed by atoms with Crippen LogP contribution in [0.4, 0.5) is 0 Å². The summed E-state index contributed by atoms with van der Waals surface area (Å²) >= 11 is 1.59. The van der Waals surface area contributed by atoms with Gasteiger partial charge in [-0.05, 0) is 19.4 Å². The van der Waals surface area contributed by atoms with Crippen LogP contribution < -0.4 is 0 Å². The number of aromatic nitrogens is 2. The van der Waals surface area contributed by atoms with Gasteiger partial charge in [0, 0.05) is 30.4 Å². The van der Waals surface area contributed by atoms with E-state index in [1.165, 1.54) is 4.88 Å². The normalized spacial score (nSPS) is 11.0. The van der Waals surface area contributed by atoms with Crippen LogP contribution >= 0.6 is 11.3 Å². The third-order valence-corrected chi connectivity index (χ3v) is 4.29. The third kappa shape index (κ3) is 2.83. The highest BCUT2D eigenvalue weighted by molar-refractivity contribution is 7.17. The van der Waals surface area contributed by atoms with Gasteiger partial charge >= 0.3 is 0 Å². The van der Waals surface area contributed by atoms with Crippen molar-refractivity contribution in [2.45, 2.75) is 20.4 Å². The zero-order valence-corrected chi connectivity index (χ0v) is 12.9. The standard InChI is InChI=1S/C16H17N3OS/c1-3-18(10-13-7-5-4-6-8-13)15(20)14-11-19-9-12(2)21-16(19)17-14/h4-9,11H,3,10H2,1-2H3. The van der Waals surface area contributed by atoms with E-state index >= 15 is 0 Å². The zero-order valence-electron chi connectivity index (χ0n) is 12.1. The highest BCUT2D eigenvalue weighted by atomic mass is 32.1. The molecule has 21 heavy (non-hydrogen) atoms. The number of hydrogen-bond acceptors (Lipinski definition) is 3. The second kappa shape index (κ2) is 5.69. The van der Waals surface area contributed by atoms with E-state index in [9.17, 15) is 4.79 Å². The van der Waals surface area contributed by atoms with Crippen molar-refractivity contribution >= 4 is 22.2 Å². The van der Waals surface area contributed by atoms with E-state index in [1.54, 1.807) is 11.3 Å². The van der Waals surface area contributed by atoms with Crippen molar-refractivity contribution < 1.29 is 4.79 Å². The molecule has 2 aromatic heterocycles. The molecule has 4 nitrogen and oxygen atoms in total. The number of carbonyl (C=O) groups excluding carboxylic acids is 1. The molecular formula is C16H17N3OS. The Hall–Kier alpha value is -2.14. The number of aryl methyl sites for hydroxylation is 1. The first-order valence-corrected chi connectivity index (χ1v) is 7.77. The van der Waals surface area contributed by atoms with Crippen molar-refractivity contribution in [3.05, 3.63) is 58.9 Å². The molecule has 0 N–H and O–H groups in total. The Labute approximate surface area is 127 Å². The molecule has 3 rings (SSSR count). The molecular weight excluding hydrogens is 282 g/mol.